The molecule has 0 aliphatic rings. The summed E-state index contributed by atoms with van der Waals surface area (Å²) in [6.45, 7) is 1.08. The normalized spacial score (nSPS) is 12.7. The second kappa shape index (κ2) is 6.99. The van der Waals surface area contributed by atoms with Gasteiger partial charge in [-0.25, -0.2) is 0 Å². The Morgan fingerprint density at radius 1 is 1.33 bits per heavy atom. The summed E-state index contributed by atoms with van der Waals surface area (Å²) < 4.78 is 1.15. The van der Waals surface area contributed by atoms with Crippen LogP contribution in [0.4, 0.5) is 0 Å². The predicted molar refractivity (Wildman–Crippen MR) is 69.1 cm³/mol. The zero-order valence-electron chi connectivity index (χ0n) is 9.39. The number of rotatable bonds is 6. The van der Waals surface area contributed by atoms with Crippen molar-refractivity contribution < 1.29 is 0 Å². The van der Waals surface area contributed by atoms with Crippen LogP contribution >= 0.6 is 15.9 Å². The van der Waals surface area contributed by atoms with Crippen molar-refractivity contribution in [3.05, 3.63) is 34.3 Å². The molecule has 0 spiro atoms. The Balaban J connectivity index is 2.57. The van der Waals surface area contributed by atoms with E-state index in [1.807, 2.05) is 14.1 Å². The van der Waals surface area contributed by atoms with Crippen molar-refractivity contribution in [3.8, 4) is 0 Å². The average molecular weight is 271 g/mol. The average Bonchev–Trinajstić information content (AvgIpc) is 2.24. The summed E-state index contributed by atoms with van der Waals surface area (Å²) >= 11 is 3.50. The quantitative estimate of drug-likeness (QED) is 0.777. The first kappa shape index (κ1) is 12.7. The van der Waals surface area contributed by atoms with Crippen LogP contribution in [0.3, 0.4) is 0 Å². The van der Waals surface area contributed by atoms with E-state index in [9.17, 15) is 0 Å². The maximum atomic E-state index is 3.50. The van der Waals surface area contributed by atoms with Gasteiger partial charge in [-0.15, -0.1) is 0 Å². The molecule has 1 aromatic carbocycles. The summed E-state index contributed by atoms with van der Waals surface area (Å²) in [6, 6.07) is 8.95. The molecule has 0 amide bonds. The van der Waals surface area contributed by atoms with Crippen molar-refractivity contribution >= 4 is 15.9 Å². The molecule has 0 radical (unpaired) electrons. The minimum Gasteiger partial charge on any atom is -0.320 e. The van der Waals surface area contributed by atoms with Crippen molar-refractivity contribution in [2.24, 2.45) is 0 Å². The van der Waals surface area contributed by atoms with E-state index in [0.717, 1.165) is 17.4 Å². The minimum atomic E-state index is 0.454. The minimum absolute atomic E-state index is 0.454. The molecule has 0 aliphatic carbocycles. The molecule has 2 nitrogen and oxygen atoms in total. The molecule has 0 bridgehead atoms. The van der Waals surface area contributed by atoms with Crippen LogP contribution in [-0.4, -0.2) is 20.6 Å². The van der Waals surface area contributed by atoms with Gasteiger partial charge in [-0.05, 0) is 51.2 Å². The number of nitrogens with one attached hydrogen (secondary N) is 2. The Morgan fingerprint density at radius 3 is 2.73 bits per heavy atom. The molecular formula is C12H19BrN2. The van der Waals surface area contributed by atoms with E-state index < -0.39 is 0 Å². The predicted octanol–water partition coefficient (Wildman–Crippen LogP) is 2.71. The van der Waals surface area contributed by atoms with Gasteiger partial charge in [0, 0.05) is 10.5 Å². The lowest BCUT2D eigenvalue weighted by atomic mass is 10.0. The van der Waals surface area contributed by atoms with Crippen LogP contribution in [0.25, 0.3) is 0 Å². The molecule has 1 atom stereocenters. The fourth-order valence-corrected chi connectivity index (χ4v) is 2.10. The molecule has 0 aliphatic heterocycles. The largest absolute Gasteiger partial charge is 0.320 e. The van der Waals surface area contributed by atoms with Crippen molar-refractivity contribution in [2.75, 3.05) is 20.6 Å². The molecule has 2 N–H and O–H groups in total. The third-order valence-electron chi connectivity index (χ3n) is 2.52. The van der Waals surface area contributed by atoms with Crippen molar-refractivity contribution in [3.63, 3.8) is 0 Å². The fourth-order valence-electron chi connectivity index (χ4n) is 1.68. The Kier molecular flexibility index (Phi) is 5.91. The Bertz CT molecular complexity index is 289. The van der Waals surface area contributed by atoms with E-state index in [2.05, 4.69) is 50.8 Å². The number of halogens is 1. The maximum Gasteiger partial charge on any atom is 0.0318 e. The van der Waals surface area contributed by atoms with Crippen LogP contribution in [-0.2, 0) is 0 Å². The maximum absolute atomic E-state index is 3.50. The first-order chi connectivity index (χ1) is 7.27. The third-order valence-corrected chi connectivity index (χ3v) is 3.01. The third kappa shape index (κ3) is 4.33. The van der Waals surface area contributed by atoms with E-state index in [-0.39, 0.29) is 0 Å². The van der Waals surface area contributed by atoms with E-state index in [1.165, 1.54) is 12.0 Å². The standard InChI is InChI=1S/C12H19BrN2/c1-14-8-4-7-12(15-2)10-5-3-6-11(13)9-10/h3,5-6,9,12,14-15H,4,7-8H2,1-2H3. The van der Waals surface area contributed by atoms with E-state index in [4.69, 9.17) is 0 Å². The van der Waals surface area contributed by atoms with Crippen molar-refractivity contribution in [1.29, 1.82) is 0 Å². The molecule has 3 heteroatoms. The second-order valence-electron chi connectivity index (χ2n) is 3.64. The van der Waals surface area contributed by atoms with Crippen LogP contribution in [0.15, 0.2) is 28.7 Å². The molecule has 0 fully saturated rings. The van der Waals surface area contributed by atoms with Gasteiger partial charge in [-0.2, -0.15) is 0 Å². The fraction of sp³-hybridized carbons (Fsp3) is 0.500. The van der Waals surface area contributed by atoms with Crippen LogP contribution < -0.4 is 10.6 Å². The van der Waals surface area contributed by atoms with Gasteiger partial charge in [-0.1, -0.05) is 28.1 Å². The Hall–Kier alpha value is -0.380. The van der Waals surface area contributed by atoms with Gasteiger partial charge < -0.3 is 10.6 Å². The van der Waals surface area contributed by atoms with Crippen LogP contribution in [0.5, 0.6) is 0 Å². The SMILES string of the molecule is CNCCCC(NC)c1cccc(Br)c1. The molecule has 1 unspecified atom stereocenters. The summed E-state index contributed by atoms with van der Waals surface area (Å²) in [7, 11) is 4.01. The lowest BCUT2D eigenvalue weighted by Gasteiger charge is -2.16. The Morgan fingerprint density at radius 2 is 2.13 bits per heavy atom. The van der Waals surface area contributed by atoms with Gasteiger partial charge in [0.25, 0.3) is 0 Å². The molecule has 1 rings (SSSR count). The lowest BCUT2D eigenvalue weighted by molar-refractivity contribution is 0.518. The summed E-state index contributed by atoms with van der Waals surface area (Å²) in [5, 5.41) is 6.53. The molecule has 0 saturated carbocycles. The van der Waals surface area contributed by atoms with Crippen LogP contribution in [0, 0.1) is 0 Å². The van der Waals surface area contributed by atoms with Crippen LogP contribution in [0.2, 0.25) is 0 Å². The van der Waals surface area contributed by atoms with Gasteiger partial charge in [0.2, 0.25) is 0 Å². The first-order valence-corrected chi connectivity index (χ1v) is 6.14. The zero-order valence-corrected chi connectivity index (χ0v) is 11.0. The van der Waals surface area contributed by atoms with E-state index in [0.29, 0.717) is 6.04 Å². The van der Waals surface area contributed by atoms with Gasteiger partial charge in [0.05, 0.1) is 0 Å². The van der Waals surface area contributed by atoms with E-state index >= 15 is 0 Å². The smallest absolute Gasteiger partial charge is 0.0318 e. The highest BCUT2D eigenvalue weighted by Crippen LogP contribution is 2.21. The lowest BCUT2D eigenvalue weighted by Crippen LogP contribution is -2.18. The van der Waals surface area contributed by atoms with Crippen molar-refractivity contribution in [2.45, 2.75) is 18.9 Å². The summed E-state index contributed by atoms with van der Waals surface area (Å²) in [5.74, 6) is 0. The molecule has 15 heavy (non-hydrogen) atoms. The molecule has 0 heterocycles. The molecule has 1 aromatic rings. The first-order valence-electron chi connectivity index (χ1n) is 5.35. The summed E-state index contributed by atoms with van der Waals surface area (Å²) in [5.41, 5.74) is 1.35. The van der Waals surface area contributed by atoms with Gasteiger partial charge >= 0.3 is 0 Å². The summed E-state index contributed by atoms with van der Waals surface area (Å²) in [6.07, 6.45) is 2.35. The molecule has 0 aromatic heterocycles. The summed E-state index contributed by atoms with van der Waals surface area (Å²) in [4.78, 5) is 0. The van der Waals surface area contributed by atoms with Crippen molar-refractivity contribution in [1.82, 2.24) is 10.6 Å². The highest BCUT2D eigenvalue weighted by Gasteiger charge is 2.08. The highest BCUT2D eigenvalue weighted by molar-refractivity contribution is 9.10. The number of hydrogen-bond acceptors (Lipinski definition) is 2. The number of hydrogen-bond donors (Lipinski definition) is 2. The molecular weight excluding hydrogens is 252 g/mol. The van der Waals surface area contributed by atoms with E-state index in [1.54, 1.807) is 0 Å². The van der Waals surface area contributed by atoms with Gasteiger partial charge in [0.1, 0.15) is 0 Å². The Labute approximate surface area is 101 Å². The van der Waals surface area contributed by atoms with Gasteiger partial charge in [0.15, 0.2) is 0 Å². The second-order valence-corrected chi connectivity index (χ2v) is 4.56. The number of benzene rings is 1. The highest BCUT2D eigenvalue weighted by atomic mass is 79.9. The van der Waals surface area contributed by atoms with Gasteiger partial charge in [-0.3, -0.25) is 0 Å². The zero-order chi connectivity index (χ0) is 11.1. The topological polar surface area (TPSA) is 24.1 Å². The van der Waals surface area contributed by atoms with Crippen LogP contribution in [0.1, 0.15) is 24.4 Å². The monoisotopic (exact) mass is 270 g/mol. The molecule has 0 saturated heterocycles. The molecule has 84 valence electrons.